The number of benzene rings is 1. The molecule has 1 saturated heterocycles. The minimum atomic E-state index is -0.743. The molecule has 96 valence electrons. The van der Waals surface area contributed by atoms with Crippen LogP contribution in [-0.2, 0) is 0 Å². The molecule has 4 atom stereocenters. The van der Waals surface area contributed by atoms with E-state index >= 15 is 0 Å². The van der Waals surface area contributed by atoms with Crippen LogP contribution in [0.4, 0.5) is 0 Å². The highest BCUT2D eigenvalue weighted by atomic mass is 15.2. The number of nitrogens with two attached hydrogens (primary N) is 1. The van der Waals surface area contributed by atoms with E-state index in [1.807, 2.05) is 18.2 Å². The summed E-state index contributed by atoms with van der Waals surface area (Å²) in [7, 11) is 2.11. The van der Waals surface area contributed by atoms with Crippen LogP contribution in [0.5, 0.6) is 0 Å². The third kappa shape index (κ3) is 1.92. The summed E-state index contributed by atoms with van der Waals surface area (Å²) in [5.41, 5.74) is 6.84. The van der Waals surface area contributed by atoms with Crippen LogP contribution >= 0.6 is 0 Å². The van der Waals surface area contributed by atoms with Gasteiger partial charge >= 0.3 is 0 Å². The van der Waals surface area contributed by atoms with Gasteiger partial charge in [-0.3, -0.25) is 4.90 Å². The van der Waals surface area contributed by atoms with Crippen LogP contribution in [0, 0.1) is 23.2 Å². The van der Waals surface area contributed by atoms with Gasteiger partial charge in [-0.1, -0.05) is 44.2 Å². The van der Waals surface area contributed by atoms with E-state index < -0.39 is 5.54 Å². The topological polar surface area (TPSA) is 53.0 Å². The van der Waals surface area contributed by atoms with E-state index in [1.54, 1.807) is 0 Å². The van der Waals surface area contributed by atoms with Gasteiger partial charge < -0.3 is 5.73 Å². The van der Waals surface area contributed by atoms with Crippen LogP contribution in [0.3, 0.4) is 0 Å². The molecule has 0 radical (unpaired) electrons. The van der Waals surface area contributed by atoms with Crippen LogP contribution < -0.4 is 5.73 Å². The lowest BCUT2D eigenvalue weighted by atomic mass is 9.68. The minimum Gasteiger partial charge on any atom is -0.313 e. The van der Waals surface area contributed by atoms with Crippen molar-refractivity contribution in [2.45, 2.75) is 25.4 Å². The van der Waals surface area contributed by atoms with Crippen LogP contribution in [0.25, 0.3) is 0 Å². The minimum absolute atomic E-state index is 0.110. The molecular weight excluding hydrogens is 222 g/mol. The second-order valence-electron chi connectivity index (χ2n) is 5.53. The Morgan fingerprint density at radius 3 is 2.50 bits per heavy atom. The van der Waals surface area contributed by atoms with Crippen molar-refractivity contribution in [3.63, 3.8) is 0 Å². The molecule has 4 unspecified atom stereocenters. The predicted molar refractivity (Wildman–Crippen MR) is 72.7 cm³/mol. The fourth-order valence-corrected chi connectivity index (χ4v) is 3.19. The molecule has 1 aliphatic rings. The molecule has 3 nitrogen and oxygen atoms in total. The zero-order chi connectivity index (χ0) is 13.3. The Morgan fingerprint density at radius 1 is 1.33 bits per heavy atom. The molecule has 1 aromatic rings. The Kier molecular flexibility index (Phi) is 3.43. The summed E-state index contributed by atoms with van der Waals surface area (Å²) in [5.74, 6) is 0.293. The predicted octanol–water partition coefficient (Wildman–Crippen LogP) is 2.17. The first-order valence-corrected chi connectivity index (χ1v) is 6.46. The molecule has 18 heavy (non-hydrogen) atoms. The Labute approximate surface area is 109 Å². The summed E-state index contributed by atoms with van der Waals surface area (Å²) in [4.78, 5) is 2.31. The van der Waals surface area contributed by atoms with Crippen molar-refractivity contribution >= 4 is 0 Å². The molecular formula is C15H21N3. The Bertz CT molecular complexity index is 451. The highest BCUT2D eigenvalue weighted by Crippen LogP contribution is 2.41. The summed E-state index contributed by atoms with van der Waals surface area (Å²) in [6.45, 7) is 5.01. The molecule has 1 aliphatic heterocycles. The monoisotopic (exact) mass is 243 g/mol. The van der Waals surface area contributed by atoms with Crippen LogP contribution in [-0.4, -0.2) is 24.0 Å². The largest absolute Gasteiger partial charge is 0.313 e. The second kappa shape index (κ2) is 4.72. The van der Waals surface area contributed by atoms with Gasteiger partial charge in [-0.15, -0.1) is 0 Å². The molecule has 1 fully saturated rings. The SMILES string of the molecule is CC1CN(C)C(c2ccccc2)C(C)C1(N)C#N. The van der Waals surface area contributed by atoms with Crippen molar-refractivity contribution in [2.75, 3.05) is 13.6 Å². The van der Waals surface area contributed by atoms with Crippen molar-refractivity contribution in [3.8, 4) is 6.07 Å². The Balaban J connectivity index is 2.39. The van der Waals surface area contributed by atoms with Gasteiger partial charge in [0.1, 0.15) is 5.54 Å². The quantitative estimate of drug-likeness (QED) is 0.822. The van der Waals surface area contributed by atoms with E-state index in [0.29, 0.717) is 0 Å². The number of nitrogens with zero attached hydrogens (tertiary/aromatic N) is 2. The molecule has 0 bridgehead atoms. The van der Waals surface area contributed by atoms with E-state index in [9.17, 15) is 5.26 Å². The van der Waals surface area contributed by atoms with Gasteiger partial charge in [-0.2, -0.15) is 5.26 Å². The lowest BCUT2D eigenvalue weighted by Crippen LogP contribution is -2.61. The fourth-order valence-electron chi connectivity index (χ4n) is 3.19. The van der Waals surface area contributed by atoms with Gasteiger partial charge in [-0.05, 0) is 12.6 Å². The standard InChI is InChI=1S/C15H21N3/c1-11-9-18(3)14(12(2)15(11,17)10-16)13-7-5-4-6-8-13/h4-8,11-12,14H,9,17H2,1-3H3. The molecule has 0 spiro atoms. The normalized spacial score (nSPS) is 37.2. The van der Waals surface area contributed by atoms with E-state index in [2.05, 4.69) is 44.0 Å². The zero-order valence-electron chi connectivity index (χ0n) is 11.3. The molecule has 1 heterocycles. The van der Waals surface area contributed by atoms with Crippen molar-refractivity contribution in [1.29, 1.82) is 5.26 Å². The summed E-state index contributed by atoms with van der Waals surface area (Å²) in [6.07, 6.45) is 0. The van der Waals surface area contributed by atoms with Crippen molar-refractivity contribution in [2.24, 2.45) is 17.6 Å². The lowest BCUT2D eigenvalue weighted by Gasteiger charge is -2.49. The van der Waals surface area contributed by atoms with Gasteiger partial charge in [0.05, 0.1) is 6.07 Å². The maximum atomic E-state index is 9.45. The molecule has 0 saturated carbocycles. The molecule has 1 aromatic carbocycles. The van der Waals surface area contributed by atoms with Crippen LogP contribution in [0.15, 0.2) is 30.3 Å². The van der Waals surface area contributed by atoms with Crippen molar-refractivity contribution in [3.05, 3.63) is 35.9 Å². The third-order valence-electron chi connectivity index (χ3n) is 4.41. The van der Waals surface area contributed by atoms with Crippen molar-refractivity contribution < 1.29 is 0 Å². The van der Waals surface area contributed by atoms with Gasteiger partial charge in [-0.25, -0.2) is 0 Å². The van der Waals surface area contributed by atoms with E-state index in [4.69, 9.17) is 5.73 Å². The van der Waals surface area contributed by atoms with Crippen LogP contribution in [0.2, 0.25) is 0 Å². The number of rotatable bonds is 1. The lowest BCUT2D eigenvalue weighted by molar-refractivity contribution is 0.0419. The number of hydrogen-bond acceptors (Lipinski definition) is 3. The number of hydrogen-bond donors (Lipinski definition) is 1. The van der Waals surface area contributed by atoms with Gasteiger partial charge in [0.2, 0.25) is 0 Å². The average molecular weight is 243 g/mol. The second-order valence-corrected chi connectivity index (χ2v) is 5.53. The number of likely N-dealkylation sites (tertiary alicyclic amines) is 1. The molecule has 0 aromatic heterocycles. The highest BCUT2D eigenvalue weighted by Gasteiger charge is 2.47. The average Bonchev–Trinajstić information content (AvgIpc) is 2.37. The Morgan fingerprint density at radius 2 is 1.94 bits per heavy atom. The Hall–Kier alpha value is -1.37. The summed E-state index contributed by atoms with van der Waals surface area (Å²) >= 11 is 0. The molecule has 0 amide bonds. The summed E-state index contributed by atoms with van der Waals surface area (Å²) in [6, 6.07) is 12.9. The number of piperidine rings is 1. The maximum absolute atomic E-state index is 9.45. The smallest absolute Gasteiger partial charge is 0.112 e. The van der Waals surface area contributed by atoms with Gasteiger partial charge in [0.15, 0.2) is 0 Å². The maximum Gasteiger partial charge on any atom is 0.112 e. The fraction of sp³-hybridized carbons (Fsp3) is 0.533. The molecule has 0 aliphatic carbocycles. The summed E-state index contributed by atoms with van der Waals surface area (Å²) in [5, 5.41) is 9.45. The summed E-state index contributed by atoms with van der Waals surface area (Å²) < 4.78 is 0. The molecule has 2 rings (SSSR count). The third-order valence-corrected chi connectivity index (χ3v) is 4.41. The van der Waals surface area contributed by atoms with Crippen molar-refractivity contribution in [1.82, 2.24) is 4.90 Å². The first-order valence-electron chi connectivity index (χ1n) is 6.46. The molecule has 2 N–H and O–H groups in total. The van der Waals surface area contributed by atoms with E-state index in [1.165, 1.54) is 5.56 Å². The first-order chi connectivity index (χ1) is 8.50. The van der Waals surface area contributed by atoms with Crippen LogP contribution in [0.1, 0.15) is 25.5 Å². The first kappa shape index (κ1) is 13.1. The van der Waals surface area contributed by atoms with Gasteiger partial charge in [0.25, 0.3) is 0 Å². The van der Waals surface area contributed by atoms with E-state index in [-0.39, 0.29) is 17.9 Å². The zero-order valence-corrected chi connectivity index (χ0v) is 11.3. The number of nitriles is 1. The van der Waals surface area contributed by atoms with E-state index in [0.717, 1.165) is 6.54 Å². The van der Waals surface area contributed by atoms with Gasteiger partial charge in [0, 0.05) is 24.4 Å². The highest BCUT2D eigenvalue weighted by molar-refractivity contribution is 5.26. The molecule has 3 heteroatoms.